The number of carboxylic acid groups (broad SMARTS) is 1. The quantitative estimate of drug-likeness (QED) is 0.845. The van der Waals surface area contributed by atoms with Crippen molar-refractivity contribution in [3.63, 3.8) is 0 Å². The van der Waals surface area contributed by atoms with Gasteiger partial charge in [-0.3, -0.25) is 9.69 Å². The molecule has 0 fully saturated rings. The summed E-state index contributed by atoms with van der Waals surface area (Å²) in [5.74, 6) is -0.212. The van der Waals surface area contributed by atoms with Crippen LogP contribution in [0.1, 0.15) is 26.7 Å². The van der Waals surface area contributed by atoms with E-state index in [-0.39, 0.29) is 12.5 Å². The first-order chi connectivity index (χ1) is 9.75. The molecule has 0 aromatic heterocycles. The highest BCUT2D eigenvalue weighted by molar-refractivity contribution is 5.92. The topological polar surface area (TPSA) is 78.9 Å². The Bertz CT molecular complexity index is 514. The fraction of sp³-hybridized carbons (Fsp3) is 0.467. The normalized spacial score (nSPS) is 10.9. The van der Waals surface area contributed by atoms with Crippen molar-refractivity contribution in [2.45, 2.75) is 32.2 Å². The number of hydrogen-bond acceptors (Lipinski definition) is 3. The van der Waals surface area contributed by atoms with Crippen molar-refractivity contribution in [3.05, 3.63) is 24.3 Å². The number of carbonyl (C=O) groups is 2. The molecule has 6 nitrogen and oxygen atoms in total. The molecule has 116 valence electrons. The maximum atomic E-state index is 12.2. The van der Waals surface area contributed by atoms with Gasteiger partial charge in [-0.05, 0) is 32.4 Å². The lowest BCUT2D eigenvalue weighted by Gasteiger charge is -2.29. The number of nitrogens with zero attached hydrogens (tertiary/aromatic N) is 1. The number of amides is 2. The van der Waals surface area contributed by atoms with Crippen molar-refractivity contribution >= 4 is 17.7 Å². The van der Waals surface area contributed by atoms with Crippen LogP contribution < -0.4 is 15.0 Å². The van der Waals surface area contributed by atoms with Crippen LogP contribution in [0.4, 0.5) is 10.5 Å². The summed E-state index contributed by atoms with van der Waals surface area (Å²) < 4.78 is 5.13. The van der Waals surface area contributed by atoms with Crippen LogP contribution in [0.25, 0.3) is 0 Å². The molecule has 0 saturated heterocycles. The molecule has 0 bridgehead atoms. The fourth-order valence-electron chi connectivity index (χ4n) is 1.79. The molecule has 6 heteroatoms. The van der Waals surface area contributed by atoms with Gasteiger partial charge in [0.15, 0.2) is 0 Å². The van der Waals surface area contributed by atoms with Crippen LogP contribution in [0.15, 0.2) is 24.3 Å². The number of hydrogen-bond donors (Lipinski definition) is 2. The summed E-state index contributed by atoms with van der Waals surface area (Å²) in [5.41, 5.74) is 0.101. The fourth-order valence-corrected chi connectivity index (χ4v) is 1.79. The molecule has 1 aromatic rings. The largest absolute Gasteiger partial charge is 0.497 e. The van der Waals surface area contributed by atoms with Crippen LogP contribution in [0.3, 0.4) is 0 Å². The third kappa shape index (κ3) is 5.33. The van der Waals surface area contributed by atoms with Crippen LogP contribution in [0.5, 0.6) is 5.75 Å². The van der Waals surface area contributed by atoms with E-state index in [1.807, 2.05) is 0 Å². The molecule has 0 heterocycles. The van der Waals surface area contributed by atoms with E-state index < -0.39 is 11.5 Å². The predicted octanol–water partition coefficient (Wildman–Crippen LogP) is 2.48. The molecule has 0 radical (unpaired) electrons. The van der Waals surface area contributed by atoms with E-state index in [1.54, 1.807) is 52.3 Å². The summed E-state index contributed by atoms with van der Waals surface area (Å²) in [6.45, 7) is 3.60. The van der Waals surface area contributed by atoms with E-state index >= 15 is 0 Å². The molecule has 0 atom stereocenters. The van der Waals surface area contributed by atoms with Gasteiger partial charge >= 0.3 is 12.0 Å². The van der Waals surface area contributed by atoms with Gasteiger partial charge in [0.1, 0.15) is 5.75 Å². The smallest absolute Gasteiger partial charge is 0.322 e. The van der Waals surface area contributed by atoms with Gasteiger partial charge in [0, 0.05) is 30.8 Å². The third-order valence-electron chi connectivity index (χ3n) is 3.15. The lowest BCUT2D eigenvalue weighted by Crippen LogP contribution is -2.49. The molecule has 0 spiro atoms. The van der Waals surface area contributed by atoms with Crippen molar-refractivity contribution in [2.75, 3.05) is 19.1 Å². The van der Waals surface area contributed by atoms with E-state index in [0.29, 0.717) is 17.9 Å². The SMILES string of the molecule is COc1cccc(N(C)C(=O)NC(C)(C)CCC(=O)O)c1. The zero-order chi connectivity index (χ0) is 16.0. The Hall–Kier alpha value is -2.24. The van der Waals surface area contributed by atoms with Gasteiger partial charge in [-0.1, -0.05) is 6.07 Å². The second-order valence-corrected chi connectivity index (χ2v) is 5.47. The number of ether oxygens (including phenoxy) is 1. The number of aliphatic carboxylic acids is 1. The average molecular weight is 294 g/mol. The van der Waals surface area contributed by atoms with Crippen LogP contribution in [-0.2, 0) is 4.79 Å². The van der Waals surface area contributed by atoms with Crippen molar-refractivity contribution in [3.8, 4) is 5.75 Å². The van der Waals surface area contributed by atoms with Crippen molar-refractivity contribution < 1.29 is 19.4 Å². The second kappa shape index (κ2) is 6.97. The molecular formula is C15H22N2O4. The summed E-state index contributed by atoms with van der Waals surface area (Å²) >= 11 is 0. The van der Waals surface area contributed by atoms with Crippen molar-refractivity contribution in [2.24, 2.45) is 0 Å². The van der Waals surface area contributed by atoms with Gasteiger partial charge in [0.05, 0.1) is 7.11 Å². The van der Waals surface area contributed by atoms with E-state index in [9.17, 15) is 9.59 Å². The molecule has 1 aromatic carbocycles. The van der Waals surface area contributed by atoms with Gasteiger partial charge in [-0.25, -0.2) is 4.79 Å². The predicted molar refractivity (Wildman–Crippen MR) is 80.9 cm³/mol. The Balaban J connectivity index is 2.71. The Morgan fingerprint density at radius 3 is 2.62 bits per heavy atom. The summed E-state index contributed by atoms with van der Waals surface area (Å²) in [7, 11) is 3.21. The van der Waals surface area contributed by atoms with Gasteiger partial charge in [0.25, 0.3) is 0 Å². The van der Waals surface area contributed by atoms with Gasteiger partial charge in [0.2, 0.25) is 0 Å². The van der Waals surface area contributed by atoms with Crippen LogP contribution in [0.2, 0.25) is 0 Å². The maximum absolute atomic E-state index is 12.2. The van der Waals surface area contributed by atoms with Gasteiger partial charge in [-0.15, -0.1) is 0 Å². The highest BCUT2D eigenvalue weighted by Gasteiger charge is 2.23. The Labute approximate surface area is 124 Å². The molecule has 0 aliphatic carbocycles. The van der Waals surface area contributed by atoms with E-state index in [0.717, 1.165) is 0 Å². The molecule has 0 unspecified atom stereocenters. The lowest BCUT2D eigenvalue weighted by molar-refractivity contribution is -0.137. The zero-order valence-corrected chi connectivity index (χ0v) is 12.8. The average Bonchev–Trinajstić information content (AvgIpc) is 2.44. The zero-order valence-electron chi connectivity index (χ0n) is 12.8. The third-order valence-corrected chi connectivity index (χ3v) is 3.15. The van der Waals surface area contributed by atoms with Gasteiger partial charge in [-0.2, -0.15) is 0 Å². The number of rotatable bonds is 6. The first kappa shape index (κ1) is 16.8. The Morgan fingerprint density at radius 2 is 2.05 bits per heavy atom. The number of urea groups is 1. The van der Waals surface area contributed by atoms with E-state index in [2.05, 4.69) is 5.32 Å². The number of carboxylic acids is 1. The van der Waals surface area contributed by atoms with Crippen molar-refractivity contribution in [1.82, 2.24) is 5.32 Å². The first-order valence-electron chi connectivity index (χ1n) is 6.67. The summed E-state index contributed by atoms with van der Waals surface area (Å²) in [4.78, 5) is 24.3. The highest BCUT2D eigenvalue weighted by Crippen LogP contribution is 2.20. The van der Waals surface area contributed by atoms with Crippen LogP contribution >= 0.6 is 0 Å². The van der Waals surface area contributed by atoms with Crippen molar-refractivity contribution in [1.29, 1.82) is 0 Å². The monoisotopic (exact) mass is 294 g/mol. The number of nitrogens with one attached hydrogen (secondary N) is 1. The molecule has 0 aliphatic heterocycles. The number of carbonyl (C=O) groups excluding carboxylic acids is 1. The minimum absolute atomic E-state index is 0.0101. The molecule has 2 N–H and O–H groups in total. The molecule has 2 amide bonds. The molecule has 21 heavy (non-hydrogen) atoms. The summed E-state index contributed by atoms with van der Waals surface area (Å²) in [5, 5.41) is 11.5. The molecule has 1 rings (SSSR count). The number of anilines is 1. The maximum Gasteiger partial charge on any atom is 0.322 e. The van der Waals surface area contributed by atoms with Gasteiger partial charge < -0.3 is 15.2 Å². The summed E-state index contributed by atoms with van der Waals surface area (Å²) in [6.07, 6.45) is 0.371. The number of methoxy groups -OCH3 is 1. The molecular weight excluding hydrogens is 272 g/mol. The minimum Gasteiger partial charge on any atom is -0.497 e. The first-order valence-corrected chi connectivity index (χ1v) is 6.67. The number of benzene rings is 1. The second-order valence-electron chi connectivity index (χ2n) is 5.47. The Morgan fingerprint density at radius 1 is 1.38 bits per heavy atom. The van der Waals surface area contributed by atoms with Crippen LogP contribution in [0, 0.1) is 0 Å². The minimum atomic E-state index is -0.876. The molecule has 0 saturated carbocycles. The molecule has 0 aliphatic rings. The standard InChI is InChI=1S/C15H22N2O4/c1-15(2,9-8-13(18)19)16-14(20)17(3)11-6-5-7-12(10-11)21-4/h5-7,10H,8-9H2,1-4H3,(H,16,20)(H,18,19). The van der Waals surface area contributed by atoms with E-state index in [4.69, 9.17) is 9.84 Å². The van der Waals surface area contributed by atoms with Crippen LogP contribution in [-0.4, -0.2) is 36.8 Å². The highest BCUT2D eigenvalue weighted by atomic mass is 16.5. The summed E-state index contributed by atoms with van der Waals surface area (Å²) in [6, 6.07) is 6.86. The lowest BCUT2D eigenvalue weighted by atomic mass is 9.99. The Kier molecular flexibility index (Phi) is 5.58. The van der Waals surface area contributed by atoms with E-state index in [1.165, 1.54) is 4.90 Å².